The topological polar surface area (TPSA) is 38.3 Å². The molecule has 128 valence electrons. The molecule has 0 unspecified atom stereocenters. The van der Waals surface area contributed by atoms with Crippen LogP contribution in [-0.2, 0) is 4.79 Å². The molecular formula is C21H27NO2. The molecule has 0 heterocycles. The summed E-state index contributed by atoms with van der Waals surface area (Å²) in [6.45, 7) is 11.9. The Balaban J connectivity index is 2.05. The number of nitrogens with one attached hydrogen (secondary N) is 1. The van der Waals surface area contributed by atoms with E-state index in [1.165, 1.54) is 11.1 Å². The Hall–Kier alpha value is -2.29. The van der Waals surface area contributed by atoms with Gasteiger partial charge >= 0.3 is 0 Å². The summed E-state index contributed by atoms with van der Waals surface area (Å²) in [6, 6.07) is 12.2. The molecule has 2 atom stereocenters. The summed E-state index contributed by atoms with van der Waals surface area (Å²) in [5.41, 5.74) is 5.66. The molecule has 1 amide bonds. The highest BCUT2D eigenvalue weighted by Gasteiger charge is 2.19. The number of aryl methyl sites for hydroxylation is 4. The minimum absolute atomic E-state index is 0.0537. The van der Waals surface area contributed by atoms with E-state index in [-0.39, 0.29) is 11.9 Å². The van der Waals surface area contributed by atoms with E-state index in [0.717, 1.165) is 22.4 Å². The highest BCUT2D eigenvalue weighted by Crippen LogP contribution is 2.22. The van der Waals surface area contributed by atoms with E-state index in [1.807, 2.05) is 39.0 Å². The second-order valence-corrected chi connectivity index (χ2v) is 6.62. The molecule has 0 aliphatic heterocycles. The van der Waals surface area contributed by atoms with Crippen LogP contribution in [0, 0.1) is 27.7 Å². The predicted molar refractivity (Wildman–Crippen MR) is 98.5 cm³/mol. The summed E-state index contributed by atoms with van der Waals surface area (Å²) in [7, 11) is 0. The number of hydrogen-bond donors (Lipinski definition) is 1. The van der Waals surface area contributed by atoms with Gasteiger partial charge in [-0.25, -0.2) is 0 Å². The number of benzene rings is 2. The van der Waals surface area contributed by atoms with Gasteiger partial charge < -0.3 is 10.1 Å². The molecule has 0 aliphatic carbocycles. The van der Waals surface area contributed by atoms with Gasteiger partial charge in [-0.05, 0) is 69.9 Å². The van der Waals surface area contributed by atoms with Gasteiger partial charge in [0, 0.05) is 0 Å². The van der Waals surface area contributed by atoms with Crippen LogP contribution in [0.1, 0.15) is 47.7 Å². The Morgan fingerprint density at radius 2 is 1.50 bits per heavy atom. The average Bonchev–Trinajstić information content (AvgIpc) is 2.53. The lowest BCUT2D eigenvalue weighted by molar-refractivity contribution is -0.127. The van der Waals surface area contributed by atoms with Crippen LogP contribution in [0.25, 0.3) is 0 Å². The van der Waals surface area contributed by atoms with Crippen molar-refractivity contribution in [2.24, 2.45) is 0 Å². The smallest absolute Gasteiger partial charge is 0.261 e. The maximum Gasteiger partial charge on any atom is 0.261 e. The maximum atomic E-state index is 12.5. The van der Waals surface area contributed by atoms with Crippen molar-refractivity contribution in [3.63, 3.8) is 0 Å². The zero-order valence-corrected chi connectivity index (χ0v) is 15.4. The Morgan fingerprint density at radius 1 is 0.917 bits per heavy atom. The van der Waals surface area contributed by atoms with Gasteiger partial charge in [-0.1, -0.05) is 35.9 Å². The Bertz CT molecular complexity index is 737. The summed E-state index contributed by atoms with van der Waals surface area (Å²) < 4.78 is 5.87. The Kier molecular flexibility index (Phi) is 5.66. The molecule has 24 heavy (non-hydrogen) atoms. The van der Waals surface area contributed by atoms with Gasteiger partial charge in [0.05, 0.1) is 6.04 Å². The molecule has 0 aliphatic rings. The van der Waals surface area contributed by atoms with E-state index in [1.54, 1.807) is 6.92 Å². The lowest BCUT2D eigenvalue weighted by Gasteiger charge is -2.21. The van der Waals surface area contributed by atoms with E-state index < -0.39 is 6.10 Å². The van der Waals surface area contributed by atoms with E-state index in [2.05, 4.69) is 37.4 Å². The monoisotopic (exact) mass is 325 g/mol. The van der Waals surface area contributed by atoms with Crippen LogP contribution in [0.5, 0.6) is 5.75 Å². The third-order valence-electron chi connectivity index (χ3n) is 4.28. The van der Waals surface area contributed by atoms with Crippen LogP contribution in [0.2, 0.25) is 0 Å². The van der Waals surface area contributed by atoms with Crippen molar-refractivity contribution >= 4 is 5.91 Å². The summed E-state index contributed by atoms with van der Waals surface area (Å²) >= 11 is 0. The predicted octanol–water partition coefficient (Wildman–Crippen LogP) is 4.56. The molecule has 0 radical (unpaired) electrons. The molecule has 2 rings (SSSR count). The molecule has 0 spiro atoms. The lowest BCUT2D eigenvalue weighted by atomic mass is 10.00. The number of carbonyl (C=O) groups is 1. The summed E-state index contributed by atoms with van der Waals surface area (Å²) in [5.74, 6) is 0.654. The fourth-order valence-corrected chi connectivity index (χ4v) is 2.71. The van der Waals surface area contributed by atoms with Crippen molar-refractivity contribution in [1.82, 2.24) is 5.32 Å². The molecule has 0 bridgehead atoms. The highest BCUT2D eigenvalue weighted by molar-refractivity contribution is 5.81. The second-order valence-electron chi connectivity index (χ2n) is 6.62. The summed E-state index contributed by atoms with van der Waals surface area (Å²) in [4.78, 5) is 12.5. The Labute approximate surface area is 145 Å². The number of rotatable bonds is 5. The first-order chi connectivity index (χ1) is 11.3. The second kappa shape index (κ2) is 7.52. The van der Waals surface area contributed by atoms with Crippen molar-refractivity contribution < 1.29 is 9.53 Å². The molecule has 0 fully saturated rings. The van der Waals surface area contributed by atoms with Gasteiger partial charge in [-0.3, -0.25) is 4.79 Å². The first-order valence-electron chi connectivity index (χ1n) is 8.39. The molecule has 2 aromatic carbocycles. The molecule has 2 aromatic rings. The molecule has 3 nitrogen and oxygen atoms in total. The van der Waals surface area contributed by atoms with Crippen LogP contribution >= 0.6 is 0 Å². The molecule has 1 N–H and O–H groups in total. The number of carbonyl (C=O) groups excluding carboxylic acids is 1. The third kappa shape index (κ3) is 4.38. The van der Waals surface area contributed by atoms with Crippen molar-refractivity contribution in [3.8, 4) is 5.75 Å². The number of ether oxygens (including phenoxy) is 1. The first kappa shape index (κ1) is 18.1. The van der Waals surface area contributed by atoms with E-state index >= 15 is 0 Å². The lowest BCUT2D eigenvalue weighted by Crippen LogP contribution is -2.38. The van der Waals surface area contributed by atoms with Crippen molar-refractivity contribution in [1.29, 1.82) is 0 Å². The van der Waals surface area contributed by atoms with Crippen LogP contribution in [0.15, 0.2) is 36.4 Å². The van der Waals surface area contributed by atoms with Gasteiger partial charge in [0.25, 0.3) is 5.91 Å². The standard InChI is InChI=1S/C21H27NO2/c1-13-7-9-15(3)19(11-13)17(5)22-21(23)18(6)24-20-12-14(2)8-10-16(20)4/h7-12,17-18H,1-6H3,(H,22,23)/t17-,18+/m0/s1. The van der Waals surface area contributed by atoms with Crippen molar-refractivity contribution in [2.45, 2.75) is 53.7 Å². The first-order valence-corrected chi connectivity index (χ1v) is 8.39. The fourth-order valence-electron chi connectivity index (χ4n) is 2.71. The number of hydrogen-bond acceptors (Lipinski definition) is 2. The SMILES string of the molecule is Cc1ccc(C)c(O[C@H](C)C(=O)N[C@@H](C)c2cc(C)ccc2C)c1. The minimum atomic E-state index is -0.543. The van der Waals surface area contributed by atoms with E-state index in [4.69, 9.17) is 4.74 Å². The van der Waals surface area contributed by atoms with E-state index in [9.17, 15) is 4.79 Å². The van der Waals surface area contributed by atoms with E-state index in [0.29, 0.717) is 0 Å². The normalized spacial score (nSPS) is 13.2. The molecule has 0 saturated heterocycles. The van der Waals surface area contributed by atoms with Crippen molar-refractivity contribution in [2.75, 3.05) is 0 Å². The fraction of sp³-hybridized carbons (Fsp3) is 0.381. The van der Waals surface area contributed by atoms with Gasteiger partial charge in [-0.15, -0.1) is 0 Å². The van der Waals surface area contributed by atoms with Gasteiger partial charge in [-0.2, -0.15) is 0 Å². The van der Waals surface area contributed by atoms with Crippen LogP contribution in [0.3, 0.4) is 0 Å². The van der Waals surface area contributed by atoms with Crippen LogP contribution < -0.4 is 10.1 Å². The zero-order valence-electron chi connectivity index (χ0n) is 15.4. The third-order valence-corrected chi connectivity index (χ3v) is 4.28. The minimum Gasteiger partial charge on any atom is -0.481 e. The summed E-state index contributed by atoms with van der Waals surface area (Å²) in [5, 5.41) is 3.05. The zero-order chi connectivity index (χ0) is 17.9. The summed E-state index contributed by atoms with van der Waals surface area (Å²) in [6.07, 6.45) is -0.543. The highest BCUT2D eigenvalue weighted by atomic mass is 16.5. The molecule has 3 heteroatoms. The Morgan fingerprint density at radius 3 is 2.17 bits per heavy atom. The van der Waals surface area contributed by atoms with Crippen molar-refractivity contribution in [3.05, 3.63) is 64.2 Å². The van der Waals surface area contributed by atoms with Gasteiger partial charge in [0.1, 0.15) is 5.75 Å². The maximum absolute atomic E-state index is 12.5. The average molecular weight is 325 g/mol. The quantitative estimate of drug-likeness (QED) is 0.875. The molecule has 0 aromatic heterocycles. The van der Waals surface area contributed by atoms with Gasteiger partial charge in [0.2, 0.25) is 0 Å². The van der Waals surface area contributed by atoms with Crippen LogP contribution in [-0.4, -0.2) is 12.0 Å². The van der Waals surface area contributed by atoms with Crippen LogP contribution in [0.4, 0.5) is 0 Å². The van der Waals surface area contributed by atoms with Gasteiger partial charge in [0.15, 0.2) is 6.10 Å². The number of amides is 1. The molecular weight excluding hydrogens is 298 g/mol. The molecule has 0 saturated carbocycles. The largest absolute Gasteiger partial charge is 0.481 e.